The zero-order valence-corrected chi connectivity index (χ0v) is 8.26. The maximum Gasteiger partial charge on any atom is 0.236 e. The number of carbonyl (C=O) groups excluding carboxylic acids is 1. The summed E-state index contributed by atoms with van der Waals surface area (Å²) < 4.78 is 0. The fourth-order valence-corrected chi connectivity index (χ4v) is 1.06. The minimum atomic E-state index is -0.393. The fourth-order valence-electron chi connectivity index (χ4n) is 1.06. The molecule has 0 rings (SSSR count). The first kappa shape index (κ1) is 11.4. The van der Waals surface area contributed by atoms with Crippen molar-refractivity contribution in [1.29, 1.82) is 0 Å². The molecule has 0 bridgehead atoms. The second kappa shape index (κ2) is 6.00. The Kier molecular flexibility index (Phi) is 5.72. The van der Waals surface area contributed by atoms with Gasteiger partial charge in [-0.1, -0.05) is 20.3 Å². The number of amides is 1. The maximum absolute atomic E-state index is 11.2. The molecule has 0 aromatic rings. The summed E-state index contributed by atoms with van der Waals surface area (Å²) in [5.41, 5.74) is 5.42. The highest BCUT2D eigenvalue weighted by molar-refractivity contribution is 5.81. The molecule has 3 N–H and O–H groups in total. The van der Waals surface area contributed by atoms with Crippen LogP contribution in [0.25, 0.3) is 0 Å². The molecule has 0 aromatic carbocycles. The number of nitrogens with two attached hydrogens (primary N) is 1. The van der Waals surface area contributed by atoms with Crippen molar-refractivity contribution in [2.24, 2.45) is 5.73 Å². The van der Waals surface area contributed by atoms with Crippen molar-refractivity contribution in [1.82, 2.24) is 5.32 Å². The number of nitrogens with one attached hydrogen (secondary N) is 1. The van der Waals surface area contributed by atoms with Crippen molar-refractivity contribution in [2.75, 3.05) is 0 Å². The molecular formula is C9H20N2O. The number of rotatable bonds is 5. The van der Waals surface area contributed by atoms with Gasteiger partial charge in [-0.3, -0.25) is 4.79 Å². The van der Waals surface area contributed by atoms with Crippen LogP contribution in [-0.2, 0) is 4.79 Å². The molecule has 0 radical (unpaired) electrons. The lowest BCUT2D eigenvalue weighted by molar-refractivity contribution is -0.122. The van der Waals surface area contributed by atoms with E-state index in [1.807, 2.05) is 0 Å². The van der Waals surface area contributed by atoms with Crippen LogP contribution in [0.4, 0.5) is 0 Å². The predicted molar refractivity (Wildman–Crippen MR) is 50.8 cm³/mol. The molecule has 0 heterocycles. The Morgan fingerprint density at radius 1 is 1.50 bits per heavy atom. The smallest absolute Gasteiger partial charge is 0.236 e. The summed E-state index contributed by atoms with van der Waals surface area (Å²) in [5.74, 6) is -0.0460. The highest BCUT2D eigenvalue weighted by Crippen LogP contribution is 2.00. The number of hydrogen-bond acceptors (Lipinski definition) is 2. The quantitative estimate of drug-likeness (QED) is 0.650. The normalized spacial score (nSPS) is 15.3. The molecule has 0 saturated heterocycles. The Hall–Kier alpha value is -0.570. The van der Waals surface area contributed by atoms with Gasteiger partial charge in [0, 0.05) is 6.04 Å². The summed E-state index contributed by atoms with van der Waals surface area (Å²) in [7, 11) is 0. The summed E-state index contributed by atoms with van der Waals surface area (Å²) in [5, 5.41) is 2.90. The van der Waals surface area contributed by atoms with E-state index in [4.69, 9.17) is 5.73 Å². The van der Waals surface area contributed by atoms with E-state index in [0.717, 1.165) is 19.3 Å². The molecule has 12 heavy (non-hydrogen) atoms. The summed E-state index contributed by atoms with van der Waals surface area (Å²) in [4.78, 5) is 11.2. The lowest BCUT2D eigenvalue weighted by Crippen LogP contribution is -2.43. The van der Waals surface area contributed by atoms with Crippen LogP contribution in [0.2, 0.25) is 0 Å². The standard InChI is InChI=1S/C9H20N2O/c1-4-6-8(5-2)11-9(12)7(3)10/h7-8H,4-6,10H2,1-3H3,(H,11,12)/t7-,8?/m1/s1. The van der Waals surface area contributed by atoms with Gasteiger partial charge in [-0.05, 0) is 19.8 Å². The zero-order valence-electron chi connectivity index (χ0n) is 8.26. The van der Waals surface area contributed by atoms with E-state index in [1.165, 1.54) is 0 Å². The highest BCUT2D eigenvalue weighted by atomic mass is 16.2. The van der Waals surface area contributed by atoms with E-state index in [9.17, 15) is 4.79 Å². The van der Waals surface area contributed by atoms with E-state index in [1.54, 1.807) is 6.92 Å². The van der Waals surface area contributed by atoms with Crippen LogP contribution in [0.3, 0.4) is 0 Å². The van der Waals surface area contributed by atoms with Gasteiger partial charge in [0.2, 0.25) is 5.91 Å². The van der Waals surface area contributed by atoms with Crippen molar-refractivity contribution in [3.63, 3.8) is 0 Å². The monoisotopic (exact) mass is 172 g/mol. The van der Waals surface area contributed by atoms with E-state index >= 15 is 0 Å². The summed E-state index contributed by atoms with van der Waals surface area (Å²) >= 11 is 0. The van der Waals surface area contributed by atoms with Crippen LogP contribution >= 0.6 is 0 Å². The molecule has 0 spiro atoms. The molecule has 0 fully saturated rings. The third kappa shape index (κ3) is 4.34. The zero-order chi connectivity index (χ0) is 9.56. The highest BCUT2D eigenvalue weighted by Gasteiger charge is 2.11. The number of carbonyl (C=O) groups is 1. The van der Waals surface area contributed by atoms with Gasteiger partial charge in [-0.25, -0.2) is 0 Å². The fraction of sp³-hybridized carbons (Fsp3) is 0.889. The minimum absolute atomic E-state index is 0.0460. The first-order valence-corrected chi connectivity index (χ1v) is 4.67. The average molecular weight is 172 g/mol. The molecule has 0 aliphatic rings. The van der Waals surface area contributed by atoms with Gasteiger partial charge in [0.05, 0.1) is 6.04 Å². The van der Waals surface area contributed by atoms with Gasteiger partial charge in [-0.15, -0.1) is 0 Å². The first-order valence-electron chi connectivity index (χ1n) is 4.67. The van der Waals surface area contributed by atoms with E-state index in [2.05, 4.69) is 19.2 Å². The lowest BCUT2D eigenvalue weighted by atomic mass is 10.1. The van der Waals surface area contributed by atoms with Crippen molar-refractivity contribution in [2.45, 2.75) is 52.1 Å². The average Bonchev–Trinajstić information content (AvgIpc) is 2.03. The Bertz CT molecular complexity index is 134. The molecule has 3 heteroatoms. The molecule has 1 unspecified atom stereocenters. The van der Waals surface area contributed by atoms with Crippen molar-refractivity contribution < 1.29 is 4.79 Å². The molecule has 3 nitrogen and oxygen atoms in total. The van der Waals surface area contributed by atoms with Gasteiger partial charge in [0.15, 0.2) is 0 Å². The Labute approximate surface area is 74.7 Å². The topological polar surface area (TPSA) is 55.1 Å². The van der Waals surface area contributed by atoms with Crippen LogP contribution in [0.5, 0.6) is 0 Å². The molecule has 0 aliphatic carbocycles. The second-order valence-electron chi connectivity index (χ2n) is 3.19. The molecule has 0 aromatic heterocycles. The van der Waals surface area contributed by atoms with Crippen LogP contribution in [0.15, 0.2) is 0 Å². The van der Waals surface area contributed by atoms with E-state index < -0.39 is 6.04 Å². The van der Waals surface area contributed by atoms with E-state index in [-0.39, 0.29) is 5.91 Å². The molecule has 2 atom stereocenters. The Balaban J connectivity index is 3.77. The third-order valence-electron chi connectivity index (χ3n) is 1.89. The van der Waals surface area contributed by atoms with Crippen molar-refractivity contribution >= 4 is 5.91 Å². The maximum atomic E-state index is 11.2. The van der Waals surface area contributed by atoms with Crippen molar-refractivity contribution in [3.05, 3.63) is 0 Å². The summed E-state index contributed by atoms with van der Waals surface area (Å²) in [6, 6.07) is -0.0931. The van der Waals surface area contributed by atoms with Gasteiger partial charge in [0.1, 0.15) is 0 Å². The van der Waals surface area contributed by atoms with Gasteiger partial charge >= 0.3 is 0 Å². The minimum Gasteiger partial charge on any atom is -0.352 e. The third-order valence-corrected chi connectivity index (χ3v) is 1.89. The van der Waals surface area contributed by atoms with Gasteiger partial charge in [-0.2, -0.15) is 0 Å². The van der Waals surface area contributed by atoms with Crippen LogP contribution in [-0.4, -0.2) is 18.0 Å². The van der Waals surface area contributed by atoms with Crippen LogP contribution in [0.1, 0.15) is 40.0 Å². The van der Waals surface area contributed by atoms with Crippen LogP contribution in [0, 0.1) is 0 Å². The molecule has 0 aliphatic heterocycles. The van der Waals surface area contributed by atoms with Crippen LogP contribution < -0.4 is 11.1 Å². The number of hydrogen-bond donors (Lipinski definition) is 2. The summed E-state index contributed by atoms with van der Waals surface area (Å²) in [6.45, 7) is 5.89. The molecule has 0 saturated carbocycles. The Morgan fingerprint density at radius 2 is 2.08 bits per heavy atom. The SMILES string of the molecule is CCCC(CC)NC(=O)[C@@H](C)N. The first-order chi connectivity index (χ1) is 5.61. The lowest BCUT2D eigenvalue weighted by Gasteiger charge is -2.17. The Morgan fingerprint density at radius 3 is 2.42 bits per heavy atom. The molecular weight excluding hydrogens is 152 g/mol. The molecule has 1 amide bonds. The largest absolute Gasteiger partial charge is 0.352 e. The predicted octanol–water partition coefficient (Wildman–Crippen LogP) is 1.03. The molecule has 72 valence electrons. The van der Waals surface area contributed by atoms with E-state index in [0.29, 0.717) is 6.04 Å². The van der Waals surface area contributed by atoms with Gasteiger partial charge < -0.3 is 11.1 Å². The second-order valence-corrected chi connectivity index (χ2v) is 3.19. The van der Waals surface area contributed by atoms with Gasteiger partial charge in [0.25, 0.3) is 0 Å². The summed E-state index contributed by atoms with van der Waals surface area (Å²) in [6.07, 6.45) is 3.11. The van der Waals surface area contributed by atoms with Crippen molar-refractivity contribution in [3.8, 4) is 0 Å².